The number of rotatable bonds is 4. The van der Waals surface area contributed by atoms with Gasteiger partial charge in [-0.1, -0.05) is 0 Å². The lowest BCUT2D eigenvalue weighted by atomic mass is 10.4. The summed E-state index contributed by atoms with van der Waals surface area (Å²) in [6, 6.07) is 1.61. The SMILES string of the molecule is NC(=O)N/N=C/c1ccc(/C=N/NC(N)=O)o1. The third kappa shape index (κ3) is 4.97. The highest BCUT2D eigenvalue weighted by Crippen LogP contribution is 2.02. The second kappa shape index (κ2) is 5.90. The number of nitrogens with zero attached hydrogens (tertiary/aromatic N) is 2. The average molecular weight is 238 g/mol. The van der Waals surface area contributed by atoms with E-state index in [0.29, 0.717) is 11.5 Å². The molecular formula is C8H10N6O3. The first kappa shape index (κ1) is 12.2. The lowest BCUT2D eigenvalue weighted by Gasteiger charge is -1.90. The topological polar surface area (TPSA) is 148 Å². The standard InChI is InChI=1S/C8H10N6O3/c9-7(15)13-11-3-5-1-2-6(17-5)4-12-14-8(10)16/h1-4H,(H3,9,13,15)(H3,10,14,16)/b11-3+,12-4+. The van der Waals surface area contributed by atoms with E-state index in [9.17, 15) is 9.59 Å². The van der Waals surface area contributed by atoms with Crippen LogP contribution in [0.4, 0.5) is 9.59 Å². The van der Waals surface area contributed by atoms with E-state index in [-0.39, 0.29) is 0 Å². The van der Waals surface area contributed by atoms with Crippen molar-refractivity contribution in [1.29, 1.82) is 0 Å². The Labute approximate surface area is 95.5 Å². The minimum Gasteiger partial charge on any atom is -0.454 e. The van der Waals surface area contributed by atoms with Crippen molar-refractivity contribution in [2.45, 2.75) is 0 Å². The molecule has 0 bridgehead atoms. The Hall–Kier alpha value is -2.84. The van der Waals surface area contributed by atoms with Crippen molar-refractivity contribution in [3.8, 4) is 0 Å². The zero-order chi connectivity index (χ0) is 12.7. The maximum absolute atomic E-state index is 10.3. The van der Waals surface area contributed by atoms with Crippen LogP contribution in [0.1, 0.15) is 11.5 Å². The molecule has 17 heavy (non-hydrogen) atoms. The second-order valence-electron chi connectivity index (χ2n) is 2.71. The number of hydrazone groups is 2. The number of hydrogen-bond donors (Lipinski definition) is 4. The summed E-state index contributed by atoms with van der Waals surface area (Å²) in [6.07, 6.45) is 2.51. The molecule has 9 nitrogen and oxygen atoms in total. The van der Waals surface area contributed by atoms with Crippen LogP contribution in [0.25, 0.3) is 0 Å². The Bertz CT molecular complexity index is 423. The summed E-state index contributed by atoms with van der Waals surface area (Å²) in [5, 5.41) is 6.97. The normalized spacial score (nSPS) is 10.8. The van der Waals surface area contributed by atoms with Crippen molar-refractivity contribution < 1.29 is 14.0 Å². The van der Waals surface area contributed by atoms with Crippen molar-refractivity contribution in [1.82, 2.24) is 10.9 Å². The number of primary amides is 2. The summed E-state index contributed by atoms with van der Waals surface area (Å²) in [6.45, 7) is 0. The fourth-order valence-electron chi connectivity index (χ4n) is 0.826. The number of hydrogen-bond acceptors (Lipinski definition) is 5. The van der Waals surface area contributed by atoms with Crippen molar-refractivity contribution in [2.24, 2.45) is 21.7 Å². The molecule has 1 rings (SSSR count). The Morgan fingerprint density at radius 3 is 1.82 bits per heavy atom. The molecule has 9 heteroatoms. The van der Waals surface area contributed by atoms with E-state index in [1.807, 2.05) is 10.9 Å². The quantitative estimate of drug-likeness (QED) is 0.405. The number of carbonyl (C=O) groups is 2. The number of carbonyl (C=O) groups excluding carboxylic acids is 2. The van der Waals surface area contributed by atoms with E-state index in [1.54, 1.807) is 12.1 Å². The largest absolute Gasteiger partial charge is 0.454 e. The van der Waals surface area contributed by atoms with Gasteiger partial charge in [0, 0.05) is 0 Å². The van der Waals surface area contributed by atoms with Crippen LogP contribution in [0.3, 0.4) is 0 Å². The molecule has 0 saturated carbocycles. The van der Waals surface area contributed by atoms with E-state index in [2.05, 4.69) is 10.2 Å². The Balaban J connectivity index is 2.53. The maximum Gasteiger partial charge on any atom is 0.332 e. The average Bonchev–Trinajstić information content (AvgIpc) is 2.65. The minimum atomic E-state index is -0.778. The smallest absolute Gasteiger partial charge is 0.332 e. The fourth-order valence-corrected chi connectivity index (χ4v) is 0.826. The Kier molecular flexibility index (Phi) is 4.25. The molecule has 0 saturated heterocycles. The van der Waals surface area contributed by atoms with E-state index in [4.69, 9.17) is 15.9 Å². The van der Waals surface area contributed by atoms with Gasteiger partial charge in [0.15, 0.2) is 0 Å². The molecule has 0 aliphatic heterocycles. The summed E-state index contributed by atoms with van der Waals surface area (Å²) in [4.78, 5) is 20.6. The number of urea groups is 2. The Morgan fingerprint density at radius 2 is 1.47 bits per heavy atom. The molecule has 6 N–H and O–H groups in total. The molecule has 0 unspecified atom stereocenters. The number of amides is 4. The van der Waals surface area contributed by atoms with Gasteiger partial charge >= 0.3 is 12.1 Å². The predicted molar refractivity (Wildman–Crippen MR) is 59.3 cm³/mol. The summed E-state index contributed by atoms with van der Waals surface area (Å²) >= 11 is 0. The summed E-state index contributed by atoms with van der Waals surface area (Å²) in [5.41, 5.74) is 13.6. The second-order valence-corrected chi connectivity index (χ2v) is 2.71. The molecule has 90 valence electrons. The fraction of sp³-hybridized carbons (Fsp3) is 0. The summed E-state index contributed by atoms with van der Waals surface area (Å²) in [7, 11) is 0. The van der Waals surface area contributed by atoms with Crippen LogP contribution < -0.4 is 22.3 Å². The van der Waals surface area contributed by atoms with Crippen LogP contribution in [-0.4, -0.2) is 24.5 Å². The highest BCUT2D eigenvalue weighted by molar-refractivity contribution is 5.82. The summed E-state index contributed by atoms with van der Waals surface area (Å²) < 4.78 is 5.16. The molecule has 0 aliphatic carbocycles. The minimum absolute atomic E-state index is 0.374. The van der Waals surface area contributed by atoms with E-state index in [1.165, 1.54) is 12.4 Å². The molecule has 1 aromatic heterocycles. The van der Waals surface area contributed by atoms with Gasteiger partial charge in [-0.3, -0.25) is 0 Å². The van der Waals surface area contributed by atoms with Gasteiger partial charge in [-0.25, -0.2) is 20.4 Å². The van der Waals surface area contributed by atoms with Crippen LogP contribution >= 0.6 is 0 Å². The number of nitrogens with one attached hydrogen (secondary N) is 2. The molecule has 0 aliphatic rings. The van der Waals surface area contributed by atoms with Gasteiger partial charge in [-0.15, -0.1) is 0 Å². The van der Waals surface area contributed by atoms with E-state index >= 15 is 0 Å². The highest BCUT2D eigenvalue weighted by Gasteiger charge is 1.97. The third-order valence-corrected chi connectivity index (χ3v) is 1.38. The van der Waals surface area contributed by atoms with Crippen LogP contribution in [0, 0.1) is 0 Å². The van der Waals surface area contributed by atoms with Crippen LogP contribution in [0.15, 0.2) is 26.8 Å². The van der Waals surface area contributed by atoms with Gasteiger partial charge in [-0.2, -0.15) is 10.2 Å². The predicted octanol–water partition coefficient (Wildman–Crippen LogP) is -0.716. The van der Waals surface area contributed by atoms with Crippen LogP contribution in [0.5, 0.6) is 0 Å². The first-order valence-electron chi connectivity index (χ1n) is 4.35. The van der Waals surface area contributed by atoms with Gasteiger partial charge in [0.05, 0.1) is 12.4 Å². The first-order chi connectivity index (χ1) is 8.08. The zero-order valence-corrected chi connectivity index (χ0v) is 8.58. The summed E-state index contributed by atoms with van der Waals surface area (Å²) in [5.74, 6) is 0.749. The molecule has 0 atom stereocenters. The monoisotopic (exact) mass is 238 g/mol. The van der Waals surface area contributed by atoms with Gasteiger partial charge < -0.3 is 15.9 Å². The van der Waals surface area contributed by atoms with Gasteiger partial charge in [0.2, 0.25) is 0 Å². The van der Waals surface area contributed by atoms with E-state index in [0.717, 1.165) is 0 Å². The van der Waals surface area contributed by atoms with Crippen molar-refractivity contribution in [3.63, 3.8) is 0 Å². The molecule has 1 heterocycles. The molecule has 0 spiro atoms. The maximum atomic E-state index is 10.3. The highest BCUT2D eigenvalue weighted by atomic mass is 16.3. The zero-order valence-electron chi connectivity index (χ0n) is 8.58. The molecule has 0 radical (unpaired) electrons. The number of nitrogens with two attached hydrogens (primary N) is 2. The van der Waals surface area contributed by atoms with E-state index < -0.39 is 12.1 Å². The third-order valence-electron chi connectivity index (χ3n) is 1.38. The first-order valence-corrected chi connectivity index (χ1v) is 4.35. The van der Waals surface area contributed by atoms with Gasteiger partial charge in [-0.05, 0) is 12.1 Å². The van der Waals surface area contributed by atoms with Crippen LogP contribution in [-0.2, 0) is 0 Å². The van der Waals surface area contributed by atoms with Gasteiger partial charge in [0.1, 0.15) is 11.5 Å². The molecule has 0 aromatic carbocycles. The molecule has 0 fully saturated rings. The molecule has 4 amide bonds. The Morgan fingerprint density at radius 1 is 1.06 bits per heavy atom. The van der Waals surface area contributed by atoms with Crippen molar-refractivity contribution >= 4 is 24.5 Å². The number of furan rings is 1. The van der Waals surface area contributed by atoms with Crippen molar-refractivity contribution in [3.05, 3.63) is 23.7 Å². The van der Waals surface area contributed by atoms with Crippen molar-refractivity contribution in [2.75, 3.05) is 0 Å². The lowest BCUT2D eigenvalue weighted by Crippen LogP contribution is -2.24. The lowest BCUT2D eigenvalue weighted by molar-refractivity contribution is 0.248. The van der Waals surface area contributed by atoms with Crippen LogP contribution in [0.2, 0.25) is 0 Å². The molecular weight excluding hydrogens is 228 g/mol. The van der Waals surface area contributed by atoms with Gasteiger partial charge in [0.25, 0.3) is 0 Å². The molecule has 1 aromatic rings.